The molecule has 0 aliphatic carbocycles. The molecule has 0 spiro atoms. The smallest absolute Gasteiger partial charge is 0.308 e. The Bertz CT molecular complexity index is 796. The third-order valence-corrected chi connectivity index (χ3v) is 3.21. The molecule has 0 atom stereocenters. The first-order valence-corrected chi connectivity index (χ1v) is 6.74. The minimum absolute atomic E-state index is 0.0926. The summed E-state index contributed by atoms with van der Waals surface area (Å²) in [6.07, 6.45) is -4.68. The lowest BCUT2D eigenvalue weighted by Gasteiger charge is -2.12. The van der Waals surface area contributed by atoms with Crippen LogP contribution < -0.4 is 10.6 Å². The van der Waals surface area contributed by atoms with Crippen LogP contribution in [0.2, 0.25) is 5.02 Å². The minimum atomic E-state index is -4.68. The maximum absolute atomic E-state index is 12.8. The summed E-state index contributed by atoms with van der Waals surface area (Å²) in [6.45, 7) is 0. The number of nitro groups is 1. The molecule has 0 saturated carbocycles. The molecule has 0 fully saturated rings. The van der Waals surface area contributed by atoms with Gasteiger partial charge in [-0.15, -0.1) is 0 Å². The van der Waals surface area contributed by atoms with Gasteiger partial charge in [-0.3, -0.25) is 10.1 Å². The number of nitro benzene ring substituents is 1. The topological polar surface area (TPSA) is 84.3 Å². The fourth-order valence-corrected chi connectivity index (χ4v) is 2.07. The summed E-state index contributed by atoms with van der Waals surface area (Å²) in [7, 11) is 0. The molecule has 126 valence electrons. The van der Waals surface area contributed by atoms with E-state index in [2.05, 4.69) is 10.6 Å². The monoisotopic (exact) mass is 359 g/mol. The van der Waals surface area contributed by atoms with E-state index in [1.54, 1.807) is 0 Å². The van der Waals surface area contributed by atoms with E-state index >= 15 is 0 Å². The summed E-state index contributed by atoms with van der Waals surface area (Å²) in [6, 6.07) is 7.26. The normalized spacial score (nSPS) is 11.0. The summed E-state index contributed by atoms with van der Waals surface area (Å²) in [5.74, 6) is 0. The Balaban J connectivity index is 2.18. The van der Waals surface area contributed by atoms with Crippen molar-refractivity contribution in [2.45, 2.75) is 6.18 Å². The molecule has 2 rings (SSSR count). The van der Waals surface area contributed by atoms with Gasteiger partial charge in [-0.2, -0.15) is 13.2 Å². The molecule has 0 unspecified atom stereocenters. The third kappa shape index (κ3) is 4.13. The average molecular weight is 360 g/mol. The van der Waals surface area contributed by atoms with Crippen molar-refractivity contribution in [1.82, 2.24) is 0 Å². The van der Waals surface area contributed by atoms with E-state index < -0.39 is 27.7 Å². The van der Waals surface area contributed by atoms with Crippen molar-refractivity contribution in [3.63, 3.8) is 0 Å². The lowest BCUT2D eigenvalue weighted by atomic mass is 10.2. The van der Waals surface area contributed by atoms with Gasteiger partial charge in [0.1, 0.15) is 5.69 Å². The summed E-state index contributed by atoms with van der Waals surface area (Å²) < 4.78 is 38.3. The molecule has 24 heavy (non-hydrogen) atoms. The molecule has 6 nitrogen and oxygen atoms in total. The predicted molar refractivity (Wildman–Crippen MR) is 82.2 cm³/mol. The molecule has 2 N–H and O–H groups in total. The number of halogens is 4. The van der Waals surface area contributed by atoms with Crippen molar-refractivity contribution < 1.29 is 22.9 Å². The number of benzene rings is 2. The first kappa shape index (κ1) is 17.5. The Morgan fingerprint density at radius 1 is 1.12 bits per heavy atom. The van der Waals surface area contributed by atoms with Crippen LogP contribution in [0.5, 0.6) is 0 Å². The van der Waals surface area contributed by atoms with Crippen LogP contribution in [0.25, 0.3) is 0 Å². The number of alkyl halides is 3. The molecule has 0 saturated heterocycles. The zero-order chi connectivity index (χ0) is 17.9. The summed E-state index contributed by atoms with van der Waals surface area (Å²) in [4.78, 5) is 22.0. The Hall–Kier alpha value is -2.81. The zero-order valence-corrected chi connectivity index (χ0v) is 12.5. The van der Waals surface area contributed by atoms with Crippen LogP contribution >= 0.6 is 11.6 Å². The van der Waals surface area contributed by atoms with Gasteiger partial charge in [0.05, 0.1) is 15.5 Å². The summed E-state index contributed by atoms with van der Waals surface area (Å²) in [5, 5.41) is 14.7. The van der Waals surface area contributed by atoms with Gasteiger partial charge in [-0.1, -0.05) is 23.7 Å². The van der Waals surface area contributed by atoms with Gasteiger partial charge in [0.25, 0.3) is 5.69 Å². The number of carbonyl (C=O) groups is 1. The maximum atomic E-state index is 12.8. The number of hydrogen-bond acceptors (Lipinski definition) is 3. The number of rotatable bonds is 3. The van der Waals surface area contributed by atoms with Crippen LogP contribution in [-0.2, 0) is 6.18 Å². The average Bonchev–Trinajstić information content (AvgIpc) is 2.48. The van der Waals surface area contributed by atoms with Crippen LogP contribution in [0.4, 0.5) is 35.0 Å². The number of hydrogen-bond donors (Lipinski definition) is 2. The van der Waals surface area contributed by atoms with Gasteiger partial charge in [0.15, 0.2) is 0 Å². The number of nitrogens with zero attached hydrogens (tertiary/aromatic N) is 1. The van der Waals surface area contributed by atoms with Crippen molar-refractivity contribution in [3.05, 3.63) is 63.2 Å². The third-order valence-electron chi connectivity index (χ3n) is 2.88. The second-order valence-corrected chi connectivity index (χ2v) is 4.95. The van der Waals surface area contributed by atoms with Crippen molar-refractivity contribution in [2.24, 2.45) is 0 Å². The van der Waals surface area contributed by atoms with Crippen LogP contribution in [0, 0.1) is 10.1 Å². The van der Waals surface area contributed by atoms with Crippen molar-refractivity contribution >= 4 is 34.7 Å². The molecule has 0 radical (unpaired) electrons. The van der Waals surface area contributed by atoms with Gasteiger partial charge in [0, 0.05) is 11.8 Å². The molecule has 0 aliphatic rings. The fourth-order valence-electron chi connectivity index (χ4n) is 1.84. The van der Waals surface area contributed by atoms with E-state index in [1.165, 1.54) is 30.3 Å². The lowest BCUT2D eigenvalue weighted by Crippen LogP contribution is -2.20. The summed E-state index contributed by atoms with van der Waals surface area (Å²) >= 11 is 5.48. The van der Waals surface area contributed by atoms with Crippen LogP contribution in [0.15, 0.2) is 42.5 Å². The number of urea groups is 1. The molecule has 2 aromatic carbocycles. The highest BCUT2D eigenvalue weighted by Gasteiger charge is 2.33. The SMILES string of the molecule is O=C(Nc1ccc(Cl)c(C(F)(F)F)c1)Nc1ccccc1[N+](=O)[O-]. The fraction of sp³-hybridized carbons (Fsp3) is 0.0714. The molecule has 2 amide bonds. The molecule has 0 heterocycles. The molecule has 10 heteroatoms. The standard InChI is InChI=1S/C14H9ClF3N3O3/c15-10-6-5-8(7-9(10)14(16,17)18)19-13(22)20-11-3-1-2-4-12(11)21(23)24/h1-7H,(H2,19,20,22). The van der Waals surface area contributed by atoms with Gasteiger partial charge < -0.3 is 10.6 Å². The Morgan fingerprint density at radius 3 is 2.42 bits per heavy atom. The number of carbonyl (C=O) groups excluding carboxylic acids is 1. The number of para-hydroxylation sites is 2. The van der Waals surface area contributed by atoms with Crippen LogP contribution in [-0.4, -0.2) is 11.0 Å². The second kappa shape index (κ2) is 6.75. The van der Waals surface area contributed by atoms with E-state index in [1.807, 2.05) is 0 Å². The highest BCUT2D eigenvalue weighted by Crippen LogP contribution is 2.36. The van der Waals surface area contributed by atoms with Crippen LogP contribution in [0.3, 0.4) is 0 Å². The zero-order valence-electron chi connectivity index (χ0n) is 11.7. The van der Waals surface area contributed by atoms with E-state index in [0.29, 0.717) is 6.07 Å². The Morgan fingerprint density at radius 2 is 1.79 bits per heavy atom. The molecule has 0 aromatic heterocycles. The van der Waals surface area contributed by atoms with Gasteiger partial charge >= 0.3 is 12.2 Å². The second-order valence-electron chi connectivity index (χ2n) is 4.55. The quantitative estimate of drug-likeness (QED) is 0.603. The number of amides is 2. The van der Waals surface area contributed by atoms with E-state index in [9.17, 15) is 28.1 Å². The molecule has 0 aliphatic heterocycles. The highest BCUT2D eigenvalue weighted by molar-refractivity contribution is 6.31. The van der Waals surface area contributed by atoms with Gasteiger partial charge in [0.2, 0.25) is 0 Å². The predicted octanol–water partition coefficient (Wildman–Crippen LogP) is 4.91. The van der Waals surface area contributed by atoms with E-state index in [4.69, 9.17) is 11.6 Å². The first-order chi connectivity index (χ1) is 11.2. The van der Waals surface area contributed by atoms with E-state index in [-0.39, 0.29) is 17.1 Å². The van der Waals surface area contributed by atoms with Crippen molar-refractivity contribution in [3.8, 4) is 0 Å². The number of anilines is 2. The Kier molecular flexibility index (Phi) is 4.93. The Labute approximate surface area is 138 Å². The molecule has 2 aromatic rings. The van der Waals surface area contributed by atoms with E-state index in [0.717, 1.165) is 6.07 Å². The minimum Gasteiger partial charge on any atom is -0.308 e. The molecular weight excluding hydrogens is 351 g/mol. The van der Waals surface area contributed by atoms with Gasteiger partial charge in [-0.25, -0.2) is 4.79 Å². The van der Waals surface area contributed by atoms with Crippen LogP contribution in [0.1, 0.15) is 5.56 Å². The first-order valence-electron chi connectivity index (χ1n) is 6.36. The molecular formula is C14H9ClF3N3O3. The highest BCUT2D eigenvalue weighted by atomic mass is 35.5. The largest absolute Gasteiger partial charge is 0.417 e. The number of nitrogens with one attached hydrogen (secondary N) is 2. The van der Waals surface area contributed by atoms with Crippen molar-refractivity contribution in [2.75, 3.05) is 10.6 Å². The van der Waals surface area contributed by atoms with Crippen molar-refractivity contribution in [1.29, 1.82) is 0 Å². The molecule has 0 bridgehead atoms. The lowest BCUT2D eigenvalue weighted by molar-refractivity contribution is -0.383. The summed E-state index contributed by atoms with van der Waals surface area (Å²) in [5.41, 5.74) is -1.71. The van der Waals surface area contributed by atoms with Gasteiger partial charge in [-0.05, 0) is 24.3 Å². The maximum Gasteiger partial charge on any atom is 0.417 e.